The van der Waals surface area contributed by atoms with E-state index < -0.39 is 0 Å². The average Bonchev–Trinajstić information content (AvgIpc) is 3.11. The van der Waals surface area contributed by atoms with Gasteiger partial charge in [-0.2, -0.15) is 0 Å². The summed E-state index contributed by atoms with van der Waals surface area (Å²) >= 11 is 1.35. The third kappa shape index (κ3) is 4.11. The highest BCUT2D eigenvalue weighted by Crippen LogP contribution is 2.08. The first-order chi connectivity index (χ1) is 10.2. The van der Waals surface area contributed by atoms with Crippen molar-refractivity contribution in [2.24, 2.45) is 0 Å². The fourth-order valence-electron chi connectivity index (χ4n) is 1.53. The minimum Gasteiger partial charge on any atom is -0.324 e. The summed E-state index contributed by atoms with van der Waals surface area (Å²) in [6, 6.07) is 0. The minimum atomic E-state index is -0.286. The van der Waals surface area contributed by atoms with E-state index in [1.807, 2.05) is 6.92 Å². The van der Waals surface area contributed by atoms with E-state index in [0.29, 0.717) is 29.4 Å². The van der Waals surface area contributed by atoms with Gasteiger partial charge in [-0.1, -0.05) is 6.08 Å². The number of H-pyrrole nitrogens is 1. The van der Waals surface area contributed by atoms with Crippen molar-refractivity contribution < 1.29 is 9.59 Å². The van der Waals surface area contributed by atoms with Crippen LogP contribution < -0.4 is 10.6 Å². The summed E-state index contributed by atoms with van der Waals surface area (Å²) in [5.41, 5.74) is 3.19. The van der Waals surface area contributed by atoms with Crippen LogP contribution in [-0.4, -0.2) is 27.3 Å². The number of imidazole rings is 1. The van der Waals surface area contributed by atoms with E-state index in [0.717, 1.165) is 0 Å². The lowest BCUT2D eigenvalue weighted by Gasteiger charge is -2.03. The summed E-state index contributed by atoms with van der Waals surface area (Å²) < 4.78 is 0. The van der Waals surface area contributed by atoms with E-state index >= 15 is 0 Å². The Kier molecular flexibility index (Phi) is 4.99. The Morgan fingerprint density at radius 1 is 1.43 bits per heavy atom. The maximum absolute atomic E-state index is 12.0. The van der Waals surface area contributed by atoms with Crippen LogP contribution in [0.5, 0.6) is 0 Å². The summed E-state index contributed by atoms with van der Waals surface area (Å²) in [6.45, 7) is 1.84. The van der Waals surface area contributed by atoms with Gasteiger partial charge in [0.1, 0.15) is 5.69 Å². The average molecular weight is 303 g/mol. The Balaban J connectivity index is 2.15. The molecule has 7 nitrogen and oxygen atoms in total. The molecule has 0 bridgehead atoms. The Morgan fingerprint density at radius 2 is 2.29 bits per heavy atom. The lowest BCUT2D eigenvalue weighted by molar-refractivity contribution is -0.105. The molecule has 0 fully saturated rings. The monoisotopic (exact) mass is 303 g/mol. The van der Waals surface area contributed by atoms with Gasteiger partial charge in [-0.05, 0) is 19.1 Å². The molecule has 0 atom stereocenters. The zero-order valence-corrected chi connectivity index (χ0v) is 12.0. The molecule has 2 amide bonds. The molecule has 0 aromatic carbocycles. The molecule has 0 aliphatic carbocycles. The molecule has 2 heterocycles. The normalized spacial score (nSPS) is 11.6. The summed E-state index contributed by atoms with van der Waals surface area (Å²) in [4.78, 5) is 33.1. The number of hydrogen-bond donors (Lipinski definition) is 3. The number of carbonyl (C=O) groups is 2. The quantitative estimate of drug-likeness (QED) is 0.559. The third-order valence-electron chi connectivity index (χ3n) is 2.37. The molecule has 0 saturated carbocycles. The van der Waals surface area contributed by atoms with Crippen LogP contribution in [0.4, 0.5) is 5.95 Å². The number of rotatable bonds is 6. The van der Waals surface area contributed by atoms with Crippen molar-refractivity contribution in [1.82, 2.24) is 20.3 Å². The number of nitrogens with one attached hydrogen (secondary N) is 3. The Morgan fingerprint density at radius 3 is 2.95 bits per heavy atom. The SMILES string of the molecule is C/C=C\C(=C/c1cnc(NC=O)[nH]1)NC(=O)c1cscn1. The molecule has 0 aliphatic rings. The van der Waals surface area contributed by atoms with E-state index in [-0.39, 0.29) is 5.91 Å². The van der Waals surface area contributed by atoms with Crippen LogP contribution >= 0.6 is 11.3 Å². The molecule has 2 aromatic heterocycles. The van der Waals surface area contributed by atoms with E-state index in [1.54, 1.807) is 35.3 Å². The number of allylic oxidation sites excluding steroid dienone is 2. The molecule has 3 N–H and O–H groups in total. The van der Waals surface area contributed by atoms with Crippen LogP contribution in [0.3, 0.4) is 0 Å². The molecule has 0 unspecified atom stereocenters. The maximum Gasteiger partial charge on any atom is 0.275 e. The first-order valence-corrected chi connectivity index (χ1v) is 6.96. The molecule has 2 aromatic rings. The van der Waals surface area contributed by atoms with Crippen molar-refractivity contribution in [3.05, 3.63) is 46.3 Å². The van der Waals surface area contributed by atoms with Crippen LogP contribution in [-0.2, 0) is 4.79 Å². The van der Waals surface area contributed by atoms with Crippen molar-refractivity contribution >= 4 is 35.7 Å². The summed E-state index contributed by atoms with van der Waals surface area (Å²) in [5.74, 6) is 0.0493. The predicted octanol–water partition coefficient (Wildman–Crippen LogP) is 1.78. The number of nitrogens with zero attached hydrogens (tertiary/aromatic N) is 2. The highest BCUT2D eigenvalue weighted by atomic mass is 32.1. The maximum atomic E-state index is 12.0. The first kappa shape index (κ1) is 14.7. The van der Waals surface area contributed by atoms with Crippen LogP contribution in [0.15, 0.2) is 34.9 Å². The molecule has 0 aliphatic heterocycles. The van der Waals surface area contributed by atoms with Gasteiger partial charge in [0.25, 0.3) is 5.91 Å². The van der Waals surface area contributed by atoms with Crippen molar-refractivity contribution in [3.8, 4) is 0 Å². The van der Waals surface area contributed by atoms with E-state index in [9.17, 15) is 9.59 Å². The van der Waals surface area contributed by atoms with Gasteiger partial charge in [0.15, 0.2) is 0 Å². The molecule has 0 spiro atoms. The Bertz CT molecular complexity index is 673. The van der Waals surface area contributed by atoms with Crippen molar-refractivity contribution in [3.63, 3.8) is 0 Å². The van der Waals surface area contributed by atoms with Gasteiger partial charge in [-0.3, -0.25) is 14.9 Å². The molecule has 21 heavy (non-hydrogen) atoms. The topological polar surface area (TPSA) is 99.8 Å². The summed E-state index contributed by atoms with van der Waals surface area (Å²) in [5, 5.41) is 6.83. The lowest BCUT2D eigenvalue weighted by atomic mass is 10.3. The summed E-state index contributed by atoms with van der Waals surface area (Å²) in [6.07, 6.45) is 7.33. The Labute approximate surface area is 124 Å². The molecule has 0 saturated heterocycles. The standard InChI is InChI=1S/C13H13N5O2S/c1-2-3-9(17-12(20)11-6-21-8-16-11)4-10-5-14-13(18-10)15-7-19/h2-8H,1H3,(H,17,20)(H2,14,15,18,19)/b3-2-,9-4+. The fourth-order valence-corrected chi connectivity index (χ4v) is 2.06. The van der Waals surface area contributed by atoms with Crippen molar-refractivity contribution in [2.45, 2.75) is 6.92 Å². The second kappa shape index (κ2) is 7.15. The molecule has 108 valence electrons. The van der Waals surface area contributed by atoms with E-state index in [2.05, 4.69) is 25.6 Å². The van der Waals surface area contributed by atoms with Gasteiger partial charge in [-0.15, -0.1) is 11.3 Å². The number of anilines is 1. The largest absolute Gasteiger partial charge is 0.324 e. The van der Waals surface area contributed by atoms with Crippen LogP contribution in [0.2, 0.25) is 0 Å². The zero-order chi connectivity index (χ0) is 15.1. The number of hydrogen-bond acceptors (Lipinski definition) is 5. The van der Waals surface area contributed by atoms with E-state index in [4.69, 9.17) is 0 Å². The van der Waals surface area contributed by atoms with Gasteiger partial charge in [-0.25, -0.2) is 9.97 Å². The minimum absolute atomic E-state index is 0.286. The van der Waals surface area contributed by atoms with Gasteiger partial charge in [0.05, 0.1) is 17.4 Å². The predicted molar refractivity (Wildman–Crippen MR) is 80.6 cm³/mol. The van der Waals surface area contributed by atoms with Crippen LogP contribution in [0, 0.1) is 0 Å². The van der Waals surface area contributed by atoms with Gasteiger partial charge in [0.2, 0.25) is 12.4 Å². The highest BCUT2D eigenvalue weighted by molar-refractivity contribution is 7.07. The molecular formula is C13H13N5O2S. The number of amides is 2. The molecule has 2 rings (SSSR count). The second-order valence-electron chi connectivity index (χ2n) is 3.88. The number of carbonyl (C=O) groups excluding carboxylic acids is 2. The molecular weight excluding hydrogens is 290 g/mol. The highest BCUT2D eigenvalue weighted by Gasteiger charge is 2.08. The summed E-state index contributed by atoms with van der Waals surface area (Å²) in [7, 11) is 0. The van der Waals surface area contributed by atoms with Gasteiger partial charge >= 0.3 is 0 Å². The van der Waals surface area contributed by atoms with E-state index in [1.165, 1.54) is 11.3 Å². The van der Waals surface area contributed by atoms with Crippen molar-refractivity contribution in [1.29, 1.82) is 0 Å². The third-order valence-corrected chi connectivity index (χ3v) is 2.96. The smallest absolute Gasteiger partial charge is 0.275 e. The second-order valence-corrected chi connectivity index (χ2v) is 4.60. The number of aromatic nitrogens is 3. The number of aromatic amines is 1. The lowest BCUT2D eigenvalue weighted by Crippen LogP contribution is -2.22. The first-order valence-electron chi connectivity index (χ1n) is 6.02. The molecule has 0 radical (unpaired) electrons. The fraction of sp³-hybridized carbons (Fsp3) is 0.0769. The van der Waals surface area contributed by atoms with Crippen molar-refractivity contribution in [2.75, 3.05) is 5.32 Å². The van der Waals surface area contributed by atoms with Gasteiger partial charge < -0.3 is 10.3 Å². The van der Waals surface area contributed by atoms with Crippen LogP contribution in [0.25, 0.3) is 6.08 Å². The van der Waals surface area contributed by atoms with Crippen LogP contribution in [0.1, 0.15) is 23.1 Å². The number of thiazole rings is 1. The molecule has 8 heteroatoms. The zero-order valence-electron chi connectivity index (χ0n) is 11.2. The Hall–Kier alpha value is -2.74. The van der Waals surface area contributed by atoms with Gasteiger partial charge in [0, 0.05) is 11.1 Å².